The molecule has 0 aliphatic carbocycles. The van der Waals surface area contributed by atoms with Gasteiger partial charge in [0.2, 0.25) is 0 Å². The fourth-order valence-corrected chi connectivity index (χ4v) is 5.09. The fourth-order valence-electron chi connectivity index (χ4n) is 3.39. The lowest BCUT2D eigenvalue weighted by molar-refractivity contribution is 0.0788. The highest BCUT2D eigenvalue weighted by Gasteiger charge is 2.33. The van der Waals surface area contributed by atoms with Gasteiger partial charge in [-0.25, -0.2) is 13.1 Å². The highest BCUT2D eigenvalue weighted by atomic mass is 32.2. The topological polar surface area (TPSA) is 87.2 Å². The van der Waals surface area contributed by atoms with Crippen LogP contribution in [0.1, 0.15) is 49.4 Å². The predicted molar refractivity (Wildman–Crippen MR) is 81.1 cm³/mol. The SMILES string of the molecule is CCc1c(C2CCCOC2)nn(C2CCS(=O)(=O)C2)c1N. The Bertz CT molecular complexity index is 618. The zero-order valence-electron chi connectivity index (χ0n) is 12.4. The Morgan fingerprint density at radius 3 is 2.81 bits per heavy atom. The molecule has 0 amide bonds. The van der Waals surface area contributed by atoms with Crippen LogP contribution < -0.4 is 5.73 Å². The summed E-state index contributed by atoms with van der Waals surface area (Å²) < 4.78 is 30.7. The number of aromatic nitrogens is 2. The first-order chi connectivity index (χ1) is 10.0. The molecule has 0 saturated carbocycles. The van der Waals surface area contributed by atoms with E-state index >= 15 is 0 Å². The van der Waals surface area contributed by atoms with Crippen LogP contribution >= 0.6 is 0 Å². The maximum Gasteiger partial charge on any atom is 0.152 e. The molecule has 2 unspecified atom stereocenters. The van der Waals surface area contributed by atoms with E-state index in [9.17, 15) is 8.42 Å². The molecule has 1 aromatic rings. The molecule has 21 heavy (non-hydrogen) atoms. The van der Waals surface area contributed by atoms with E-state index in [1.807, 2.05) is 0 Å². The summed E-state index contributed by atoms with van der Waals surface area (Å²) >= 11 is 0. The molecule has 1 aromatic heterocycles. The molecule has 7 heteroatoms. The second-order valence-electron chi connectivity index (χ2n) is 6.02. The third-order valence-electron chi connectivity index (χ3n) is 4.54. The number of hydrogen-bond donors (Lipinski definition) is 1. The summed E-state index contributed by atoms with van der Waals surface area (Å²) in [6.07, 6.45) is 3.53. The summed E-state index contributed by atoms with van der Waals surface area (Å²) in [7, 11) is -2.94. The predicted octanol–water partition coefficient (Wildman–Crippen LogP) is 1.28. The van der Waals surface area contributed by atoms with Gasteiger partial charge in [-0.05, 0) is 25.7 Å². The minimum absolute atomic E-state index is 0.112. The first kappa shape index (κ1) is 14.8. The van der Waals surface area contributed by atoms with Gasteiger partial charge in [-0.3, -0.25) is 0 Å². The standard InChI is InChI=1S/C14H23N3O3S/c1-2-12-13(10-4-3-6-20-8-10)16-17(14(12)15)11-5-7-21(18,19)9-11/h10-11H,2-9,15H2,1H3. The molecule has 0 bridgehead atoms. The lowest BCUT2D eigenvalue weighted by atomic mass is 9.95. The van der Waals surface area contributed by atoms with Gasteiger partial charge in [-0.1, -0.05) is 6.92 Å². The first-order valence-corrected chi connectivity index (χ1v) is 9.49. The summed E-state index contributed by atoms with van der Waals surface area (Å²) in [6.45, 7) is 3.57. The van der Waals surface area contributed by atoms with Gasteiger partial charge in [0.15, 0.2) is 9.84 Å². The van der Waals surface area contributed by atoms with Crippen LogP contribution in [0.15, 0.2) is 0 Å². The molecule has 6 nitrogen and oxygen atoms in total. The van der Waals surface area contributed by atoms with E-state index in [2.05, 4.69) is 6.92 Å². The van der Waals surface area contributed by atoms with E-state index < -0.39 is 9.84 Å². The summed E-state index contributed by atoms with van der Waals surface area (Å²) in [6, 6.07) is -0.112. The minimum atomic E-state index is -2.94. The third-order valence-corrected chi connectivity index (χ3v) is 6.29. The van der Waals surface area contributed by atoms with Crippen LogP contribution in [-0.4, -0.2) is 42.9 Å². The molecule has 0 aromatic carbocycles. The van der Waals surface area contributed by atoms with Gasteiger partial charge in [0.1, 0.15) is 5.82 Å². The van der Waals surface area contributed by atoms with Crippen molar-refractivity contribution in [3.63, 3.8) is 0 Å². The molecule has 2 aliphatic heterocycles. The molecule has 0 spiro atoms. The Labute approximate surface area is 125 Å². The van der Waals surface area contributed by atoms with Crippen molar-refractivity contribution in [3.8, 4) is 0 Å². The Kier molecular flexibility index (Phi) is 3.96. The van der Waals surface area contributed by atoms with Crippen LogP contribution in [0.5, 0.6) is 0 Å². The number of nitrogens with zero attached hydrogens (tertiary/aromatic N) is 2. The molecule has 2 atom stereocenters. The van der Waals surface area contributed by atoms with Crippen LogP contribution in [0, 0.1) is 0 Å². The molecule has 2 aliphatic rings. The van der Waals surface area contributed by atoms with E-state index in [1.165, 1.54) is 0 Å². The Balaban J connectivity index is 1.93. The van der Waals surface area contributed by atoms with Gasteiger partial charge in [-0.15, -0.1) is 0 Å². The third kappa shape index (κ3) is 2.81. The maximum absolute atomic E-state index is 11.7. The smallest absolute Gasteiger partial charge is 0.152 e. The lowest BCUT2D eigenvalue weighted by Crippen LogP contribution is -2.18. The Morgan fingerprint density at radius 2 is 2.24 bits per heavy atom. The number of hydrogen-bond acceptors (Lipinski definition) is 5. The highest BCUT2D eigenvalue weighted by Crippen LogP contribution is 2.34. The van der Waals surface area contributed by atoms with E-state index in [0.29, 0.717) is 18.8 Å². The molecule has 118 valence electrons. The molecule has 0 radical (unpaired) electrons. The normalized spacial score (nSPS) is 28.8. The van der Waals surface area contributed by atoms with Gasteiger partial charge in [0.05, 0.1) is 29.8 Å². The molecule has 2 saturated heterocycles. The summed E-state index contributed by atoms with van der Waals surface area (Å²) in [5, 5.41) is 4.70. The zero-order valence-corrected chi connectivity index (χ0v) is 13.2. The van der Waals surface area contributed by atoms with E-state index in [-0.39, 0.29) is 23.5 Å². The van der Waals surface area contributed by atoms with Crippen LogP contribution in [-0.2, 0) is 21.0 Å². The largest absolute Gasteiger partial charge is 0.384 e. The molecular formula is C14H23N3O3S. The van der Waals surface area contributed by atoms with Crippen LogP contribution in [0.25, 0.3) is 0 Å². The average molecular weight is 313 g/mol. The molecule has 3 rings (SSSR count). The Hall–Kier alpha value is -1.08. The minimum Gasteiger partial charge on any atom is -0.384 e. The van der Waals surface area contributed by atoms with E-state index in [1.54, 1.807) is 4.68 Å². The second kappa shape index (κ2) is 5.61. The lowest BCUT2D eigenvalue weighted by Gasteiger charge is -2.21. The molecule has 2 N–H and O–H groups in total. The number of sulfone groups is 1. The van der Waals surface area contributed by atoms with Gasteiger partial charge < -0.3 is 10.5 Å². The number of rotatable bonds is 3. The number of nitrogen functional groups attached to an aromatic ring is 1. The van der Waals surface area contributed by atoms with Crippen molar-refractivity contribution in [3.05, 3.63) is 11.3 Å². The van der Waals surface area contributed by atoms with Crippen molar-refractivity contribution in [1.82, 2.24) is 9.78 Å². The van der Waals surface area contributed by atoms with Crippen molar-refractivity contribution in [2.75, 3.05) is 30.5 Å². The van der Waals surface area contributed by atoms with Gasteiger partial charge >= 0.3 is 0 Å². The van der Waals surface area contributed by atoms with E-state index in [0.717, 1.165) is 37.1 Å². The molecule has 3 heterocycles. The number of anilines is 1. The van der Waals surface area contributed by atoms with Gasteiger partial charge in [-0.2, -0.15) is 5.10 Å². The fraction of sp³-hybridized carbons (Fsp3) is 0.786. The summed E-state index contributed by atoms with van der Waals surface area (Å²) in [4.78, 5) is 0. The van der Waals surface area contributed by atoms with E-state index in [4.69, 9.17) is 15.6 Å². The molecular weight excluding hydrogens is 290 g/mol. The average Bonchev–Trinajstić information content (AvgIpc) is 2.99. The van der Waals surface area contributed by atoms with Crippen molar-refractivity contribution in [2.45, 2.75) is 44.6 Å². The van der Waals surface area contributed by atoms with Crippen molar-refractivity contribution in [2.24, 2.45) is 0 Å². The second-order valence-corrected chi connectivity index (χ2v) is 8.25. The maximum atomic E-state index is 11.7. The van der Waals surface area contributed by atoms with Crippen LogP contribution in [0.3, 0.4) is 0 Å². The quantitative estimate of drug-likeness (QED) is 0.908. The first-order valence-electron chi connectivity index (χ1n) is 7.66. The van der Waals surface area contributed by atoms with Crippen molar-refractivity contribution < 1.29 is 13.2 Å². The molecule has 2 fully saturated rings. The number of ether oxygens (including phenoxy) is 1. The summed E-state index contributed by atoms with van der Waals surface area (Å²) in [5.74, 6) is 1.32. The van der Waals surface area contributed by atoms with Gasteiger partial charge in [0, 0.05) is 18.1 Å². The Morgan fingerprint density at radius 1 is 1.43 bits per heavy atom. The zero-order chi connectivity index (χ0) is 15.0. The van der Waals surface area contributed by atoms with Crippen molar-refractivity contribution >= 4 is 15.7 Å². The van der Waals surface area contributed by atoms with Crippen LogP contribution in [0.4, 0.5) is 5.82 Å². The summed E-state index contributed by atoms with van der Waals surface area (Å²) in [5.41, 5.74) is 8.33. The highest BCUT2D eigenvalue weighted by molar-refractivity contribution is 7.91. The monoisotopic (exact) mass is 313 g/mol. The van der Waals surface area contributed by atoms with Crippen molar-refractivity contribution in [1.29, 1.82) is 0 Å². The van der Waals surface area contributed by atoms with Gasteiger partial charge in [0.25, 0.3) is 0 Å². The van der Waals surface area contributed by atoms with Crippen LogP contribution in [0.2, 0.25) is 0 Å². The number of nitrogens with two attached hydrogens (primary N) is 1.